The molecule has 6 heterocycles. The van der Waals surface area contributed by atoms with Crippen LogP contribution in [0.25, 0.3) is 29.9 Å². The molecule has 2 aliphatic heterocycles. The van der Waals surface area contributed by atoms with Crippen LogP contribution in [-0.4, -0.2) is 24.9 Å². The summed E-state index contributed by atoms with van der Waals surface area (Å²) in [5.74, 6) is 1.03. The van der Waals surface area contributed by atoms with Crippen LogP contribution in [0.15, 0.2) is 19.7 Å². The van der Waals surface area contributed by atoms with Crippen LogP contribution in [0.5, 0.6) is 0 Å². The third kappa shape index (κ3) is 19.1. The molecular weight excluding hydrogens is 1120 g/mol. The van der Waals surface area contributed by atoms with E-state index >= 15 is 9.59 Å². The number of halogens is 2. The van der Waals surface area contributed by atoms with Gasteiger partial charge < -0.3 is 9.80 Å². The first-order chi connectivity index (χ1) is 36.3. The Balaban J connectivity index is 1.23. The van der Waals surface area contributed by atoms with E-state index in [2.05, 4.69) is 81.5 Å². The number of unbranched alkanes of at least 4 members (excludes halogenated alkanes) is 32. The van der Waals surface area contributed by atoms with Gasteiger partial charge in [0.25, 0.3) is 11.8 Å². The number of hydrogen-bond donors (Lipinski definition) is 0. The summed E-state index contributed by atoms with van der Waals surface area (Å²) in [4.78, 5) is 37.7. The highest BCUT2D eigenvalue weighted by Crippen LogP contribution is 2.58. The second-order valence-corrected chi connectivity index (χ2v) is 29.8. The minimum absolute atomic E-state index is 0.0663. The van der Waals surface area contributed by atoms with Crippen LogP contribution in [0.2, 0.25) is 0 Å². The summed E-state index contributed by atoms with van der Waals surface area (Å²) in [6.45, 7) is 10.7. The minimum atomic E-state index is 0.0663. The highest BCUT2D eigenvalue weighted by Gasteiger charge is 2.47. The average Bonchev–Trinajstić information content (AvgIpc) is 4.21. The summed E-state index contributed by atoms with van der Waals surface area (Å²) >= 11 is 14.7. The van der Waals surface area contributed by atoms with Crippen molar-refractivity contribution in [1.82, 2.24) is 0 Å². The third-order valence-corrected chi connectivity index (χ3v) is 22.4. The molecule has 0 N–H and O–H groups in total. The Labute approximate surface area is 484 Å². The number of fused-ring (bicyclic) bond motifs is 6. The van der Waals surface area contributed by atoms with Crippen molar-refractivity contribution in [3.63, 3.8) is 0 Å². The maximum absolute atomic E-state index is 15.6. The standard InChI is InChI=1S/C64H100Br2N2O2S4/c1-5-9-13-17-21-25-27-31-35-39-43-49(41-37-33-29-23-19-15-11-7-3)47-67-57-59-51(45-53(65)73-59)71-61(57)55(63(67)69)56-62-58(60-52(72-62)46-54(66)74-60)68(64(56)70)48-50(42-38-34-30-24-20-16-12-8-4)44-40-36-32-28-26-22-18-14-10-6-2/h45-46,49-50H,5-44,47-48H2,1-4H3/b56-55+. The normalized spacial score (nSPS) is 15.5. The van der Waals surface area contributed by atoms with Crippen LogP contribution >= 0.6 is 77.2 Å². The Kier molecular flexibility index (Phi) is 29.9. The van der Waals surface area contributed by atoms with Crippen molar-refractivity contribution in [3.05, 3.63) is 29.5 Å². The van der Waals surface area contributed by atoms with E-state index in [9.17, 15) is 0 Å². The lowest BCUT2D eigenvalue weighted by molar-refractivity contribution is -0.114. The van der Waals surface area contributed by atoms with E-state index < -0.39 is 0 Å². The third-order valence-electron chi connectivity index (χ3n) is 16.5. The van der Waals surface area contributed by atoms with Crippen LogP contribution in [0.4, 0.5) is 11.4 Å². The van der Waals surface area contributed by atoms with E-state index in [1.54, 1.807) is 45.3 Å². The van der Waals surface area contributed by atoms with E-state index in [1.807, 2.05) is 0 Å². The molecule has 4 aromatic heterocycles. The Morgan fingerprint density at radius 1 is 0.365 bits per heavy atom. The van der Waals surface area contributed by atoms with Crippen LogP contribution in [0, 0.1) is 11.8 Å². The molecule has 74 heavy (non-hydrogen) atoms. The summed E-state index contributed by atoms with van der Waals surface area (Å²) in [5.41, 5.74) is 3.54. The number of amides is 2. The predicted molar refractivity (Wildman–Crippen MR) is 341 cm³/mol. The van der Waals surface area contributed by atoms with Gasteiger partial charge in [-0.05, 0) is 81.5 Å². The molecule has 0 aliphatic carbocycles. The van der Waals surface area contributed by atoms with Gasteiger partial charge in [-0.15, -0.1) is 45.3 Å². The molecule has 0 saturated carbocycles. The van der Waals surface area contributed by atoms with Gasteiger partial charge in [0, 0.05) is 22.5 Å². The van der Waals surface area contributed by atoms with Gasteiger partial charge in [-0.1, -0.05) is 259 Å². The first-order valence-corrected chi connectivity index (χ1v) is 36.0. The zero-order valence-corrected chi connectivity index (χ0v) is 53.5. The molecule has 416 valence electrons. The molecule has 0 bridgehead atoms. The smallest absolute Gasteiger partial charge is 0.260 e. The Morgan fingerprint density at radius 3 is 0.865 bits per heavy atom. The Bertz CT molecular complexity index is 2100. The largest absolute Gasteiger partial charge is 0.305 e. The van der Waals surface area contributed by atoms with Crippen molar-refractivity contribution in [1.29, 1.82) is 0 Å². The SMILES string of the molecule is CCCCCCCCCCCCC(CCCCCCCCCC)CN1C(=O)/C(=C2/C(=O)N(CC(CCCCCCCCCC)CCCCCCCCCCCC)c3c2sc2cc(Br)sc32)c2sc3cc(Br)sc3c21. The summed E-state index contributed by atoms with van der Waals surface area (Å²) in [5, 5.41) is 0. The van der Waals surface area contributed by atoms with Gasteiger partial charge in [-0.25, -0.2) is 0 Å². The molecule has 0 radical (unpaired) electrons. The molecule has 2 unspecified atom stereocenters. The fourth-order valence-corrected chi connectivity index (χ4v) is 18.7. The van der Waals surface area contributed by atoms with Crippen LogP contribution in [0.1, 0.15) is 294 Å². The Morgan fingerprint density at radius 2 is 0.608 bits per heavy atom. The fourth-order valence-electron chi connectivity index (χ4n) is 12.1. The lowest BCUT2D eigenvalue weighted by Gasteiger charge is -2.25. The lowest BCUT2D eigenvalue weighted by Crippen LogP contribution is -2.34. The number of anilines is 2. The number of nitrogens with zero attached hydrogens (tertiary/aromatic N) is 2. The molecule has 4 aromatic rings. The van der Waals surface area contributed by atoms with E-state index in [1.165, 1.54) is 276 Å². The van der Waals surface area contributed by atoms with Gasteiger partial charge in [-0.2, -0.15) is 0 Å². The molecule has 2 aliphatic rings. The van der Waals surface area contributed by atoms with E-state index in [0.29, 0.717) is 23.0 Å². The number of rotatable bonds is 44. The zero-order valence-electron chi connectivity index (χ0n) is 47.1. The number of carbonyl (C=O) groups excluding carboxylic acids is 2. The van der Waals surface area contributed by atoms with Gasteiger partial charge in [0.1, 0.15) is 0 Å². The highest BCUT2D eigenvalue weighted by molar-refractivity contribution is 9.11. The van der Waals surface area contributed by atoms with Crippen LogP contribution < -0.4 is 9.80 Å². The van der Waals surface area contributed by atoms with Crippen LogP contribution in [-0.2, 0) is 9.59 Å². The molecule has 2 amide bonds. The summed E-state index contributed by atoms with van der Waals surface area (Å²) < 4.78 is 7.05. The van der Waals surface area contributed by atoms with Gasteiger partial charge in [0.15, 0.2) is 0 Å². The summed E-state index contributed by atoms with van der Waals surface area (Å²) in [6.07, 6.45) is 52.7. The molecule has 2 atom stereocenters. The lowest BCUT2D eigenvalue weighted by atomic mass is 9.93. The van der Waals surface area contributed by atoms with Crippen molar-refractivity contribution in [3.8, 4) is 0 Å². The van der Waals surface area contributed by atoms with Crippen molar-refractivity contribution < 1.29 is 9.59 Å². The maximum Gasteiger partial charge on any atom is 0.260 e. The molecule has 0 fully saturated rings. The highest BCUT2D eigenvalue weighted by atomic mass is 79.9. The zero-order chi connectivity index (χ0) is 52.3. The molecule has 0 spiro atoms. The Hall–Kier alpha value is -1.04. The maximum atomic E-state index is 15.6. The molecule has 4 nitrogen and oxygen atoms in total. The molecule has 0 aromatic carbocycles. The van der Waals surface area contributed by atoms with Crippen molar-refractivity contribution in [2.75, 3.05) is 22.9 Å². The molecule has 10 heteroatoms. The average molecular weight is 1220 g/mol. The predicted octanol–water partition coefficient (Wildman–Crippen LogP) is 24.3. The first-order valence-electron chi connectivity index (χ1n) is 31.1. The molecular formula is C64H100Br2N2O2S4. The van der Waals surface area contributed by atoms with Gasteiger partial charge >= 0.3 is 0 Å². The van der Waals surface area contributed by atoms with Gasteiger partial charge in [-0.3, -0.25) is 9.59 Å². The monoisotopic (exact) mass is 1210 g/mol. The van der Waals surface area contributed by atoms with Crippen molar-refractivity contribution in [2.24, 2.45) is 11.8 Å². The second kappa shape index (κ2) is 35.5. The number of carbonyl (C=O) groups is 2. The minimum Gasteiger partial charge on any atom is -0.305 e. The fraction of sp³-hybridized carbons (Fsp3) is 0.750. The first kappa shape index (κ1) is 62.2. The van der Waals surface area contributed by atoms with Crippen molar-refractivity contribution in [2.45, 2.75) is 285 Å². The summed E-state index contributed by atoms with van der Waals surface area (Å²) in [6, 6.07) is 4.48. The van der Waals surface area contributed by atoms with Gasteiger partial charge in [0.2, 0.25) is 0 Å². The quantitative estimate of drug-likeness (QED) is 0.0327. The number of hydrogen-bond acceptors (Lipinski definition) is 6. The van der Waals surface area contributed by atoms with Gasteiger partial charge in [0.05, 0.1) is 49.2 Å². The molecule has 0 saturated heterocycles. The van der Waals surface area contributed by atoms with Crippen LogP contribution in [0.3, 0.4) is 0 Å². The molecule has 6 rings (SSSR count). The summed E-state index contributed by atoms with van der Waals surface area (Å²) in [7, 11) is 0. The second-order valence-electron chi connectivity index (χ2n) is 22.8. The topological polar surface area (TPSA) is 40.6 Å². The van der Waals surface area contributed by atoms with E-state index in [-0.39, 0.29) is 11.8 Å². The number of thiophene rings is 4. The van der Waals surface area contributed by atoms with Crippen molar-refractivity contribution >= 4 is 130 Å². The van der Waals surface area contributed by atoms with E-state index in [4.69, 9.17) is 0 Å². The van der Waals surface area contributed by atoms with E-state index in [0.717, 1.165) is 41.8 Å².